The maximum atomic E-state index is 12.4. The van der Waals surface area contributed by atoms with Gasteiger partial charge in [-0.1, -0.05) is 12.2 Å². The molecule has 0 spiro atoms. The fourth-order valence-corrected chi connectivity index (χ4v) is 3.44. The second kappa shape index (κ2) is 7.52. The maximum absolute atomic E-state index is 12.4. The molecule has 2 N–H and O–H groups in total. The largest absolute Gasteiger partial charge is 0.573 e. The zero-order chi connectivity index (χ0) is 17.9. The molecule has 0 fully saturated rings. The number of aromatic nitrogens is 1. The van der Waals surface area contributed by atoms with Gasteiger partial charge in [-0.3, -0.25) is 0 Å². The van der Waals surface area contributed by atoms with Gasteiger partial charge in [0, 0.05) is 16.6 Å². The first-order valence-corrected chi connectivity index (χ1v) is 8.65. The average Bonchev–Trinajstić information content (AvgIpc) is 2.86. The predicted molar refractivity (Wildman–Crippen MR) is 92.8 cm³/mol. The minimum Gasteiger partial charge on any atom is -0.406 e. The SMILES string of the molecule is Cc1[nH]c2ccc(OC(F)(F)F)cc2c1CCNC[C@@H]1CC=CCC1. The molecular formula is C19H23F3N2O. The summed E-state index contributed by atoms with van der Waals surface area (Å²) in [5.74, 6) is 0.503. The zero-order valence-electron chi connectivity index (χ0n) is 14.2. The number of halogens is 3. The van der Waals surface area contributed by atoms with Crippen LogP contribution in [0.5, 0.6) is 5.75 Å². The van der Waals surface area contributed by atoms with Crippen molar-refractivity contribution < 1.29 is 17.9 Å². The number of alkyl halides is 3. The molecule has 0 amide bonds. The van der Waals surface area contributed by atoms with Crippen molar-refractivity contribution >= 4 is 10.9 Å². The van der Waals surface area contributed by atoms with E-state index < -0.39 is 6.36 Å². The Labute approximate surface area is 145 Å². The Morgan fingerprint density at radius 1 is 1.28 bits per heavy atom. The normalized spacial score (nSPS) is 18.0. The van der Waals surface area contributed by atoms with E-state index in [2.05, 4.69) is 27.2 Å². The number of rotatable bonds is 6. The van der Waals surface area contributed by atoms with Gasteiger partial charge in [-0.05, 0) is 75.4 Å². The first-order valence-electron chi connectivity index (χ1n) is 8.65. The first-order chi connectivity index (χ1) is 11.9. The summed E-state index contributed by atoms with van der Waals surface area (Å²) >= 11 is 0. The van der Waals surface area contributed by atoms with Crippen LogP contribution in [0.3, 0.4) is 0 Å². The molecule has 1 aromatic heterocycles. The number of benzene rings is 1. The van der Waals surface area contributed by atoms with Gasteiger partial charge in [-0.2, -0.15) is 0 Å². The summed E-state index contributed by atoms with van der Waals surface area (Å²) in [5.41, 5.74) is 2.86. The molecule has 0 bridgehead atoms. The molecule has 1 aliphatic rings. The van der Waals surface area contributed by atoms with Crippen molar-refractivity contribution in [3.8, 4) is 5.75 Å². The van der Waals surface area contributed by atoms with Crippen molar-refractivity contribution in [3.63, 3.8) is 0 Å². The lowest BCUT2D eigenvalue weighted by Gasteiger charge is -2.18. The van der Waals surface area contributed by atoms with Gasteiger partial charge in [0.2, 0.25) is 0 Å². The van der Waals surface area contributed by atoms with Crippen molar-refractivity contribution in [1.29, 1.82) is 0 Å². The third-order valence-electron chi connectivity index (χ3n) is 4.69. The van der Waals surface area contributed by atoms with E-state index in [1.165, 1.54) is 18.6 Å². The molecule has 0 aliphatic heterocycles. The van der Waals surface area contributed by atoms with E-state index in [4.69, 9.17) is 0 Å². The van der Waals surface area contributed by atoms with Crippen molar-refractivity contribution in [2.24, 2.45) is 5.92 Å². The highest BCUT2D eigenvalue weighted by molar-refractivity contribution is 5.86. The molecule has 0 saturated carbocycles. The van der Waals surface area contributed by atoms with Crippen LogP contribution < -0.4 is 10.1 Å². The number of allylic oxidation sites excluding steroid dienone is 2. The lowest BCUT2D eigenvalue weighted by Crippen LogP contribution is -2.25. The van der Waals surface area contributed by atoms with Crippen LogP contribution in [0.2, 0.25) is 0 Å². The standard InChI is InChI=1S/C19H23F3N2O/c1-13-16(9-10-23-12-14-5-3-2-4-6-14)17-11-15(25-19(20,21)22)7-8-18(17)24-13/h2-3,7-8,11,14,23-24H,4-6,9-10,12H2,1H3/t14-/m1/s1. The molecule has 136 valence electrons. The average molecular weight is 352 g/mol. The molecule has 2 aromatic rings. The lowest BCUT2D eigenvalue weighted by molar-refractivity contribution is -0.274. The molecule has 0 saturated heterocycles. The molecule has 1 aromatic carbocycles. The molecule has 3 nitrogen and oxygen atoms in total. The van der Waals surface area contributed by atoms with Gasteiger partial charge in [0.1, 0.15) is 5.75 Å². The zero-order valence-corrected chi connectivity index (χ0v) is 14.2. The van der Waals surface area contributed by atoms with Crippen LogP contribution in [-0.2, 0) is 6.42 Å². The molecule has 1 aliphatic carbocycles. The molecule has 1 heterocycles. The third kappa shape index (κ3) is 4.78. The van der Waals surface area contributed by atoms with Crippen LogP contribution in [0, 0.1) is 12.8 Å². The van der Waals surface area contributed by atoms with Crippen LogP contribution in [0.4, 0.5) is 13.2 Å². The van der Waals surface area contributed by atoms with Crippen LogP contribution in [-0.4, -0.2) is 24.4 Å². The first kappa shape index (κ1) is 17.9. The smallest absolute Gasteiger partial charge is 0.406 e. The Morgan fingerprint density at radius 2 is 2.12 bits per heavy atom. The van der Waals surface area contributed by atoms with Gasteiger partial charge in [0.15, 0.2) is 0 Å². The van der Waals surface area contributed by atoms with Gasteiger partial charge in [-0.25, -0.2) is 0 Å². The Kier molecular flexibility index (Phi) is 5.37. The van der Waals surface area contributed by atoms with E-state index >= 15 is 0 Å². The minimum atomic E-state index is -4.67. The second-order valence-corrected chi connectivity index (χ2v) is 6.59. The van der Waals surface area contributed by atoms with E-state index in [0.29, 0.717) is 5.92 Å². The Bertz CT molecular complexity index is 749. The van der Waals surface area contributed by atoms with Crippen LogP contribution >= 0.6 is 0 Å². The highest BCUT2D eigenvalue weighted by atomic mass is 19.4. The van der Waals surface area contributed by atoms with Gasteiger partial charge >= 0.3 is 6.36 Å². The third-order valence-corrected chi connectivity index (χ3v) is 4.69. The number of nitrogens with one attached hydrogen (secondary N) is 2. The molecule has 25 heavy (non-hydrogen) atoms. The number of hydrogen-bond acceptors (Lipinski definition) is 2. The number of ether oxygens (including phenoxy) is 1. The number of H-pyrrole nitrogens is 1. The summed E-state index contributed by atoms with van der Waals surface area (Å²) in [5, 5.41) is 4.27. The summed E-state index contributed by atoms with van der Waals surface area (Å²) in [6.45, 7) is 3.73. The van der Waals surface area contributed by atoms with E-state index in [9.17, 15) is 13.2 Å². The fourth-order valence-electron chi connectivity index (χ4n) is 3.44. The summed E-state index contributed by atoms with van der Waals surface area (Å²) in [6.07, 6.45) is 4.05. The fraction of sp³-hybridized carbons (Fsp3) is 0.474. The number of hydrogen-bond donors (Lipinski definition) is 2. The van der Waals surface area contributed by atoms with E-state index in [-0.39, 0.29) is 5.75 Å². The minimum absolute atomic E-state index is 0.179. The summed E-state index contributed by atoms with van der Waals surface area (Å²) < 4.78 is 41.3. The number of fused-ring (bicyclic) bond motifs is 1. The summed E-state index contributed by atoms with van der Waals surface area (Å²) in [4.78, 5) is 3.23. The van der Waals surface area contributed by atoms with Crippen molar-refractivity contribution in [1.82, 2.24) is 10.3 Å². The molecule has 6 heteroatoms. The Hall–Kier alpha value is -1.95. The van der Waals surface area contributed by atoms with Crippen molar-refractivity contribution in [3.05, 3.63) is 41.6 Å². The Morgan fingerprint density at radius 3 is 2.84 bits per heavy atom. The Balaban J connectivity index is 1.64. The van der Waals surface area contributed by atoms with Gasteiger partial charge < -0.3 is 15.0 Å². The quantitative estimate of drug-likeness (QED) is 0.575. The number of aromatic amines is 1. The topological polar surface area (TPSA) is 37.0 Å². The lowest BCUT2D eigenvalue weighted by atomic mass is 9.94. The highest BCUT2D eigenvalue weighted by Crippen LogP contribution is 2.29. The molecule has 0 radical (unpaired) electrons. The van der Waals surface area contributed by atoms with Crippen molar-refractivity contribution in [2.45, 2.75) is 39.0 Å². The monoisotopic (exact) mass is 352 g/mol. The predicted octanol–water partition coefficient (Wildman–Crippen LogP) is 4.86. The summed E-state index contributed by atoms with van der Waals surface area (Å²) in [6, 6.07) is 4.44. The second-order valence-electron chi connectivity index (χ2n) is 6.59. The van der Waals surface area contributed by atoms with Crippen LogP contribution in [0.1, 0.15) is 30.5 Å². The molecule has 3 rings (SSSR count). The summed E-state index contributed by atoms with van der Waals surface area (Å²) in [7, 11) is 0. The van der Waals surface area contributed by atoms with Crippen molar-refractivity contribution in [2.75, 3.05) is 13.1 Å². The van der Waals surface area contributed by atoms with E-state index in [0.717, 1.165) is 54.5 Å². The van der Waals surface area contributed by atoms with Gasteiger partial charge in [0.25, 0.3) is 0 Å². The van der Waals surface area contributed by atoms with E-state index in [1.54, 1.807) is 6.07 Å². The number of aryl methyl sites for hydroxylation is 1. The maximum Gasteiger partial charge on any atom is 0.573 e. The molecule has 1 atom stereocenters. The molecule has 0 unspecified atom stereocenters. The van der Waals surface area contributed by atoms with E-state index in [1.807, 2.05) is 6.92 Å². The van der Waals surface area contributed by atoms with Crippen LogP contribution in [0.15, 0.2) is 30.4 Å². The highest BCUT2D eigenvalue weighted by Gasteiger charge is 2.31. The van der Waals surface area contributed by atoms with Crippen LogP contribution in [0.25, 0.3) is 10.9 Å². The molecular weight excluding hydrogens is 329 g/mol. The van der Waals surface area contributed by atoms with Gasteiger partial charge in [0.05, 0.1) is 0 Å². The van der Waals surface area contributed by atoms with Gasteiger partial charge in [-0.15, -0.1) is 13.2 Å².